The first kappa shape index (κ1) is 33.7. The van der Waals surface area contributed by atoms with Crippen molar-refractivity contribution in [2.45, 2.75) is 59.7 Å². The van der Waals surface area contributed by atoms with Gasteiger partial charge in [0.2, 0.25) is 0 Å². The van der Waals surface area contributed by atoms with Gasteiger partial charge < -0.3 is 19.6 Å². The Hall–Kier alpha value is -4.68. The highest BCUT2D eigenvalue weighted by atomic mass is 16.5. The van der Waals surface area contributed by atoms with Gasteiger partial charge in [0.25, 0.3) is 0 Å². The molecule has 0 bridgehead atoms. The van der Waals surface area contributed by atoms with Crippen LogP contribution in [0.1, 0.15) is 65.2 Å². The molecule has 0 saturated heterocycles. The molecule has 0 fully saturated rings. The third kappa shape index (κ3) is 7.18. The van der Waals surface area contributed by atoms with Crippen LogP contribution in [-0.4, -0.2) is 36.9 Å². The summed E-state index contributed by atoms with van der Waals surface area (Å²) in [5.74, 6) is 0.1000. The molecule has 0 atom stereocenters. The Morgan fingerprint density at radius 1 is 0.574 bits per heavy atom. The van der Waals surface area contributed by atoms with Crippen LogP contribution in [0.3, 0.4) is 0 Å². The molecular formula is C41H48N4O2. The van der Waals surface area contributed by atoms with Gasteiger partial charge in [0.05, 0.1) is 11.3 Å². The third-order valence-corrected chi connectivity index (χ3v) is 8.68. The summed E-state index contributed by atoms with van der Waals surface area (Å²) in [5.41, 5.74) is 5.23. The summed E-state index contributed by atoms with van der Waals surface area (Å²) < 4.78 is 7.21. The van der Waals surface area contributed by atoms with E-state index in [2.05, 4.69) is 129 Å². The van der Waals surface area contributed by atoms with Crippen molar-refractivity contribution in [3.05, 3.63) is 126 Å². The molecule has 0 aliphatic heterocycles. The number of fused-ring (bicyclic) bond motifs is 1. The zero-order valence-corrected chi connectivity index (χ0v) is 28.9. The Labute approximate surface area is 280 Å². The second kappa shape index (κ2) is 14.4. The van der Waals surface area contributed by atoms with Gasteiger partial charge in [-0.2, -0.15) is 5.11 Å². The van der Waals surface area contributed by atoms with Crippen molar-refractivity contribution in [1.82, 2.24) is 0 Å². The number of nitrogens with zero attached hydrogens (tertiary/aromatic N) is 4. The molecular weight excluding hydrogens is 580 g/mol. The second-order valence-corrected chi connectivity index (χ2v) is 12.7. The molecule has 1 N–H and O–H groups in total. The second-order valence-electron chi connectivity index (χ2n) is 12.7. The Balaban J connectivity index is 1.63. The van der Waals surface area contributed by atoms with E-state index < -0.39 is 11.2 Å². The molecule has 0 unspecified atom stereocenters. The highest BCUT2D eigenvalue weighted by Crippen LogP contribution is 2.45. The largest absolute Gasteiger partial charge is 0.506 e. The van der Waals surface area contributed by atoms with Gasteiger partial charge in [-0.15, -0.1) is 5.11 Å². The van der Waals surface area contributed by atoms with Crippen LogP contribution in [0.5, 0.6) is 5.75 Å². The van der Waals surface area contributed by atoms with Crippen molar-refractivity contribution < 1.29 is 9.84 Å². The minimum absolute atomic E-state index is 0.1000. The van der Waals surface area contributed by atoms with E-state index in [0.29, 0.717) is 11.4 Å². The van der Waals surface area contributed by atoms with Gasteiger partial charge >= 0.3 is 0 Å². The third-order valence-electron chi connectivity index (χ3n) is 8.68. The quantitative estimate of drug-likeness (QED) is 0.110. The SMILES string of the molecule is CCN(CC)c1ccc(C(OC(C)(C)C)(c2ccc(/N=N/c3c(O)ccc4ccccc34)cc2)c2ccc(N(CC)CC)cc2)cc1. The predicted molar refractivity (Wildman–Crippen MR) is 197 cm³/mol. The van der Waals surface area contributed by atoms with Crippen LogP contribution >= 0.6 is 0 Å². The molecule has 0 heterocycles. The van der Waals surface area contributed by atoms with Gasteiger partial charge in [-0.1, -0.05) is 66.7 Å². The van der Waals surface area contributed by atoms with Gasteiger partial charge in [-0.25, -0.2) is 0 Å². The molecule has 5 aromatic carbocycles. The first-order chi connectivity index (χ1) is 22.6. The number of ether oxygens (including phenoxy) is 1. The van der Waals surface area contributed by atoms with Crippen LogP contribution in [-0.2, 0) is 10.3 Å². The number of hydrogen-bond acceptors (Lipinski definition) is 6. The maximum absolute atomic E-state index is 10.6. The van der Waals surface area contributed by atoms with Crippen LogP contribution < -0.4 is 9.80 Å². The zero-order chi connectivity index (χ0) is 33.6. The van der Waals surface area contributed by atoms with E-state index in [-0.39, 0.29) is 5.75 Å². The predicted octanol–water partition coefficient (Wildman–Crippen LogP) is 10.8. The van der Waals surface area contributed by atoms with E-state index in [0.717, 1.165) is 53.6 Å². The molecule has 5 rings (SSSR count). The fourth-order valence-electron chi connectivity index (χ4n) is 6.35. The number of anilines is 2. The average molecular weight is 629 g/mol. The summed E-state index contributed by atoms with van der Waals surface area (Å²) >= 11 is 0. The monoisotopic (exact) mass is 628 g/mol. The van der Waals surface area contributed by atoms with Gasteiger partial charge in [0.1, 0.15) is 17.0 Å². The van der Waals surface area contributed by atoms with Crippen molar-refractivity contribution in [1.29, 1.82) is 0 Å². The van der Waals surface area contributed by atoms with Crippen molar-refractivity contribution in [3.63, 3.8) is 0 Å². The standard InChI is InChI=1S/C41H48N4O2/c1-8-44(9-2)35-25-19-32(20-26-35)41(47-40(5,6)7,33-21-27-36(28-22-33)45(10-3)11-4)31-17-23-34(24-18-31)42-43-39-37-15-13-12-14-30(37)16-29-38(39)46/h12-29,46H,8-11H2,1-7H3/b43-42+. The Morgan fingerprint density at radius 3 is 1.51 bits per heavy atom. The minimum Gasteiger partial charge on any atom is -0.506 e. The summed E-state index contributed by atoms with van der Waals surface area (Å²) in [6.07, 6.45) is 0. The average Bonchev–Trinajstić information content (AvgIpc) is 3.08. The summed E-state index contributed by atoms with van der Waals surface area (Å²) in [4.78, 5) is 4.70. The lowest BCUT2D eigenvalue weighted by Crippen LogP contribution is -2.40. The normalized spacial score (nSPS) is 12.1. The molecule has 47 heavy (non-hydrogen) atoms. The van der Waals surface area contributed by atoms with E-state index >= 15 is 0 Å². The Bertz CT molecular complexity index is 1730. The molecule has 0 radical (unpaired) electrons. The smallest absolute Gasteiger partial charge is 0.144 e. The molecule has 0 aromatic heterocycles. The Morgan fingerprint density at radius 2 is 1.04 bits per heavy atom. The molecule has 0 amide bonds. The first-order valence-electron chi connectivity index (χ1n) is 16.8. The minimum atomic E-state index is -0.897. The first-order valence-corrected chi connectivity index (χ1v) is 16.8. The number of azo groups is 1. The molecule has 0 saturated carbocycles. The van der Waals surface area contributed by atoms with E-state index in [4.69, 9.17) is 4.74 Å². The fraction of sp³-hybridized carbons (Fsp3) is 0.317. The highest BCUT2D eigenvalue weighted by molar-refractivity contribution is 5.95. The van der Waals surface area contributed by atoms with Crippen molar-refractivity contribution in [2.75, 3.05) is 36.0 Å². The van der Waals surface area contributed by atoms with E-state index in [9.17, 15) is 5.11 Å². The number of aromatic hydroxyl groups is 1. The van der Waals surface area contributed by atoms with Crippen LogP contribution in [0.25, 0.3) is 10.8 Å². The summed E-state index contributed by atoms with van der Waals surface area (Å²) in [6, 6.07) is 37.1. The fourth-order valence-corrected chi connectivity index (χ4v) is 6.35. The van der Waals surface area contributed by atoms with Gasteiger partial charge in [-0.05, 0) is 113 Å². The lowest BCUT2D eigenvalue weighted by molar-refractivity contribution is -0.0917. The molecule has 5 aromatic rings. The molecule has 0 aliphatic carbocycles. The van der Waals surface area contributed by atoms with Crippen LogP contribution in [0.2, 0.25) is 0 Å². The highest BCUT2D eigenvalue weighted by Gasteiger charge is 2.41. The maximum atomic E-state index is 10.6. The van der Waals surface area contributed by atoms with Crippen molar-refractivity contribution in [3.8, 4) is 5.75 Å². The van der Waals surface area contributed by atoms with Gasteiger partial charge in [0.15, 0.2) is 0 Å². The Kier molecular flexibility index (Phi) is 10.3. The number of rotatable bonds is 12. The summed E-state index contributed by atoms with van der Waals surface area (Å²) in [5, 5.41) is 21.5. The molecule has 0 aliphatic rings. The number of phenolic OH excluding ortho intramolecular Hbond substituents is 1. The molecule has 6 nitrogen and oxygen atoms in total. The van der Waals surface area contributed by atoms with E-state index in [1.54, 1.807) is 6.07 Å². The molecule has 244 valence electrons. The lowest BCUT2D eigenvalue weighted by atomic mass is 9.79. The van der Waals surface area contributed by atoms with E-state index in [1.165, 1.54) is 11.4 Å². The molecule has 0 spiro atoms. The van der Waals surface area contributed by atoms with Crippen molar-refractivity contribution in [2.24, 2.45) is 10.2 Å². The maximum Gasteiger partial charge on any atom is 0.144 e. The zero-order valence-electron chi connectivity index (χ0n) is 28.9. The topological polar surface area (TPSA) is 60.7 Å². The lowest BCUT2D eigenvalue weighted by Gasteiger charge is -2.41. The molecule has 6 heteroatoms. The summed E-state index contributed by atoms with van der Waals surface area (Å²) in [7, 11) is 0. The van der Waals surface area contributed by atoms with Crippen LogP contribution in [0.15, 0.2) is 119 Å². The number of benzene rings is 5. The van der Waals surface area contributed by atoms with Gasteiger partial charge in [-0.3, -0.25) is 0 Å². The van der Waals surface area contributed by atoms with Crippen LogP contribution in [0.4, 0.5) is 22.7 Å². The van der Waals surface area contributed by atoms with E-state index in [1.807, 2.05) is 42.5 Å². The number of phenols is 1. The van der Waals surface area contributed by atoms with Crippen molar-refractivity contribution >= 4 is 33.5 Å². The summed E-state index contributed by atoms with van der Waals surface area (Å²) in [6.45, 7) is 18.8. The van der Waals surface area contributed by atoms with Gasteiger partial charge in [0, 0.05) is 42.9 Å². The van der Waals surface area contributed by atoms with Crippen LogP contribution in [0, 0.1) is 0 Å². The number of hydrogen-bond donors (Lipinski definition) is 1.